The number of carbonyl (C=O) groups is 2. The van der Waals surface area contributed by atoms with Crippen LogP contribution in [-0.2, 0) is 9.59 Å². The average molecular weight is 294 g/mol. The molecule has 1 atom stereocenters. The summed E-state index contributed by atoms with van der Waals surface area (Å²) in [4.78, 5) is 28.0. The van der Waals surface area contributed by atoms with Gasteiger partial charge < -0.3 is 10.0 Å². The van der Waals surface area contributed by atoms with Gasteiger partial charge in [-0.1, -0.05) is 12.8 Å². The van der Waals surface area contributed by atoms with E-state index in [4.69, 9.17) is 5.11 Å². The van der Waals surface area contributed by atoms with Crippen LogP contribution >= 0.6 is 0 Å². The Balaban J connectivity index is 1.57. The van der Waals surface area contributed by atoms with Crippen molar-refractivity contribution in [3.8, 4) is 0 Å². The van der Waals surface area contributed by atoms with Crippen molar-refractivity contribution in [1.29, 1.82) is 0 Å². The number of carboxylic acid groups (broad SMARTS) is 1. The van der Waals surface area contributed by atoms with Gasteiger partial charge in [-0.25, -0.2) is 0 Å². The Hall–Kier alpha value is -1.10. The fourth-order valence-corrected chi connectivity index (χ4v) is 3.91. The minimum Gasteiger partial charge on any atom is -0.481 e. The molecule has 0 bridgehead atoms. The third kappa shape index (κ3) is 3.57. The van der Waals surface area contributed by atoms with Crippen LogP contribution in [0.4, 0.5) is 0 Å². The monoisotopic (exact) mass is 294 g/mol. The van der Waals surface area contributed by atoms with Gasteiger partial charge >= 0.3 is 5.97 Å². The number of nitrogens with zero attached hydrogens (tertiary/aromatic N) is 2. The number of hydrogen-bond acceptors (Lipinski definition) is 3. The van der Waals surface area contributed by atoms with Crippen LogP contribution in [0.15, 0.2) is 0 Å². The minimum atomic E-state index is -0.720. The highest BCUT2D eigenvalue weighted by Gasteiger charge is 2.39. The van der Waals surface area contributed by atoms with E-state index in [1.54, 1.807) is 0 Å². The van der Waals surface area contributed by atoms with Crippen LogP contribution in [0.3, 0.4) is 0 Å². The molecule has 3 rings (SSSR count). The molecular formula is C16H26N2O3. The molecule has 5 heteroatoms. The van der Waals surface area contributed by atoms with Crippen molar-refractivity contribution < 1.29 is 14.7 Å². The molecule has 1 amide bonds. The molecule has 2 saturated carbocycles. The van der Waals surface area contributed by atoms with Gasteiger partial charge in [0.05, 0.1) is 12.5 Å². The van der Waals surface area contributed by atoms with E-state index in [-0.39, 0.29) is 11.8 Å². The number of aliphatic carboxylic acids is 1. The van der Waals surface area contributed by atoms with E-state index < -0.39 is 5.97 Å². The standard InChI is InChI=1S/C16H26N2O3/c19-15(11-17-9-3-4-12(10-17)16(20)21)18(14-7-8-14)13-5-1-2-6-13/h12-14H,1-11H2,(H,20,21). The van der Waals surface area contributed by atoms with Crippen molar-refractivity contribution in [3.63, 3.8) is 0 Å². The lowest BCUT2D eigenvalue weighted by Gasteiger charge is -2.34. The third-order valence-electron chi connectivity index (χ3n) is 5.16. The summed E-state index contributed by atoms with van der Waals surface area (Å²) < 4.78 is 0. The normalized spacial score (nSPS) is 27.7. The Morgan fingerprint density at radius 1 is 1.00 bits per heavy atom. The van der Waals surface area contributed by atoms with Crippen LogP contribution in [0.5, 0.6) is 0 Å². The highest BCUT2D eigenvalue weighted by molar-refractivity contribution is 5.79. The average Bonchev–Trinajstić information content (AvgIpc) is 3.13. The summed E-state index contributed by atoms with van der Waals surface area (Å²) in [6, 6.07) is 0.922. The Bertz CT molecular complexity index is 402. The fraction of sp³-hybridized carbons (Fsp3) is 0.875. The zero-order valence-electron chi connectivity index (χ0n) is 12.7. The van der Waals surface area contributed by atoms with Crippen LogP contribution in [0, 0.1) is 5.92 Å². The second-order valence-electron chi connectivity index (χ2n) is 6.88. The molecule has 1 heterocycles. The number of rotatable bonds is 5. The first-order chi connectivity index (χ1) is 10.1. The van der Waals surface area contributed by atoms with Crippen molar-refractivity contribution in [3.05, 3.63) is 0 Å². The molecular weight excluding hydrogens is 268 g/mol. The minimum absolute atomic E-state index is 0.232. The van der Waals surface area contributed by atoms with Gasteiger partial charge in [0.25, 0.3) is 0 Å². The molecule has 0 aromatic rings. The molecule has 0 spiro atoms. The molecule has 2 aliphatic carbocycles. The van der Waals surface area contributed by atoms with Crippen LogP contribution in [0.25, 0.3) is 0 Å². The topological polar surface area (TPSA) is 60.9 Å². The van der Waals surface area contributed by atoms with E-state index in [0.717, 1.165) is 45.1 Å². The summed E-state index contributed by atoms with van der Waals surface area (Å²) in [5.41, 5.74) is 0. The van der Waals surface area contributed by atoms with Crippen molar-refractivity contribution in [2.45, 2.75) is 63.5 Å². The van der Waals surface area contributed by atoms with Gasteiger partial charge in [0, 0.05) is 18.6 Å². The maximum atomic E-state index is 12.7. The van der Waals surface area contributed by atoms with Crippen LogP contribution in [0.1, 0.15) is 51.4 Å². The van der Waals surface area contributed by atoms with Crippen molar-refractivity contribution in [1.82, 2.24) is 9.80 Å². The first-order valence-corrected chi connectivity index (χ1v) is 8.41. The Morgan fingerprint density at radius 2 is 1.67 bits per heavy atom. The summed E-state index contributed by atoms with van der Waals surface area (Å²) in [5.74, 6) is -0.787. The second-order valence-corrected chi connectivity index (χ2v) is 6.88. The van der Waals surface area contributed by atoms with Gasteiger partial charge in [0.1, 0.15) is 0 Å². The van der Waals surface area contributed by atoms with E-state index in [9.17, 15) is 9.59 Å². The predicted molar refractivity (Wildman–Crippen MR) is 78.9 cm³/mol. The molecule has 5 nitrogen and oxygen atoms in total. The predicted octanol–water partition coefficient (Wildman–Crippen LogP) is 1.72. The zero-order valence-corrected chi connectivity index (χ0v) is 12.7. The van der Waals surface area contributed by atoms with E-state index >= 15 is 0 Å². The number of carbonyl (C=O) groups excluding carboxylic acids is 1. The molecule has 1 N–H and O–H groups in total. The molecule has 1 aliphatic heterocycles. The number of amides is 1. The number of hydrogen-bond donors (Lipinski definition) is 1. The van der Waals surface area contributed by atoms with Gasteiger partial charge in [0.15, 0.2) is 0 Å². The van der Waals surface area contributed by atoms with Gasteiger partial charge in [-0.3, -0.25) is 14.5 Å². The van der Waals surface area contributed by atoms with Crippen LogP contribution in [-0.4, -0.2) is 58.5 Å². The number of carboxylic acids is 1. The lowest BCUT2D eigenvalue weighted by atomic mass is 9.98. The van der Waals surface area contributed by atoms with E-state index in [1.165, 1.54) is 12.8 Å². The third-order valence-corrected chi connectivity index (χ3v) is 5.16. The molecule has 3 aliphatic rings. The highest BCUT2D eigenvalue weighted by Crippen LogP contribution is 2.34. The molecule has 0 aromatic heterocycles. The summed E-state index contributed by atoms with van der Waals surface area (Å²) >= 11 is 0. The van der Waals surface area contributed by atoms with Gasteiger partial charge in [-0.15, -0.1) is 0 Å². The summed E-state index contributed by atoms with van der Waals surface area (Å²) in [6.07, 6.45) is 8.73. The Morgan fingerprint density at radius 3 is 2.29 bits per heavy atom. The van der Waals surface area contributed by atoms with Crippen LogP contribution in [0.2, 0.25) is 0 Å². The zero-order chi connectivity index (χ0) is 14.8. The lowest BCUT2D eigenvalue weighted by Crippen LogP contribution is -2.48. The van der Waals surface area contributed by atoms with Crippen molar-refractivity contribution >= 4 is 11.9 Å². The smallest absolute Gasteiger partial charge is 0.307 e. The lowest BCUT2D eigenvalue weighted by molar-refractivity contribution is -0.145. The molecule has 21 heavy (non-hydrogen) atoms. The summed E-state index contributed by atoms with van der Waals surface area (Å²) in [5, 5.41) is 9.15. The molecule has 3 fully saturated rings. The Labute approximate surface area is 126 Å². The van der Waals surface area contributed by atoms with Gasteiger partial charge in [0.2, 0.25) is 5.91 Å². The fourth-order valence-electron chi connectivity index (χ4n) is 3.91. The van der Waals surface area contributed by atoms with E-state index in [0.29, 0.717) is 25.2 Å². The molecule has 1 saturated heterocycles. The van der Waals surface area contributed by atoms with Gasteiger partial charge in [-0.05, 0) is 45.1 Å². The number of piperidine rings is 1. The summed E-state index contributed by atoms with van der Waals surface area (Å²) in [7, 11) is 0. The van der Waals surface area contributed by atoms with Crippen molar-refractivity contribution in [2.24, 2.45) is 5.92 Å². The molecule has 0 aromatic carbocycles. The first-order valence-electron chi connectivity index (χ1n) is 8.41. The van der Waals surface area contributed by atoms with E-state index in [2.05, 4.69) is 9.80 Å². The number of likely N-dealkylation sites (tertiary alicyclic amines) is 1. The quantitative estimate of drug-likeness (QED) is 0.838. The summed E-state index contributed by atoms with van der Waals surface area (Å²) in [6.45, 7) is 1.81. The first kappa shape index (κ1) is 14.8. The van der Waals surface area contributed by atoms with E-state index in [1.807, 2.05) is 0 Å². The highest BCUT2D eigenvalue weighted by atomic mass is 16.4. The Kier molecular flexibility index (Phi) is 4.48. The van der Waals surface area contributed by atoms with Crippen molar-refractivity contribution in [2.75, 3.05) is 19.6 Å². The molecule has 1 unspecified atom stereocenters. The maximum absolute atomic E-state index is 12.7. The molecule has 0 radical (unpaired) electrons. The van der Waals surface area contributed by atoms with Crippen LogP contribution < -0.4 is 0 Å². The SMILES string of the molecule is O=C(O)C1CCCN(CC(=O)N(C2CCCC2)C2CC2)C1. The van der Waals surface area contributed by atoms with Gasteiger partial charge in [-0.2, -0.15) is 0 Å². The maximum Gasteiger partial charge on any atom is 0.307 e. The largest absolute Gasteiger partial charge is 0.481 e. The molecule has 118 valence electrons. The second kappa shape index (κ2) is 6.34.